The molecule has 1 aromatic carbocycles. The van der Waals surface area contributed by atoms with E-state index in [0.717, 1.165) is 0 Å². The van der Waals surface area contributed by atoms with Crippen LogP contribution in [-0.4, -0.2) is 40.8 Å². The van der Waals surface area contributed by atoms with Crippen LogP contribution in [-0.2, 0) is 14.4 Å². The maximum atomic E-state index is 11.9. The first-order valence-electron chi connectivity index (χ1n) is 5.62. The summed E-state index contributed by atoms with van der Waals surface area (Å²) in [6.45, 7) is 0. The third-order valence-corrected chi connectivity index (χ3v) is 2.75. The molecule has 8 heteroatoms. The number of nitrogens with one attached hydrogen (secondary N) is 2. The Hall–Kier alpha value is -2.90. The van der Waals surface area contributed by atoms with Crippen molar-refractivity contribution < 1.29 is 24.3 Å². The first kappa shape index (κ1) is 13.5. The van der Waals surface area contributed by atoms with Gasteiger partial charge in [-0.15, -0.1) is 0 Å². The lowest BCUT2D eigenvalue weighted by atomic mass is 10.0. The Morgan fingerprint density at radius 3 is 2.70 bits per heavy atom. The Bertz CT molecular complexity index is 613. The first-order valence-corrected chi connectivity index (χ1v) is 5.62. The molecule has 0 aromatic heterocycles. The molecule has 2 rings (SSSR count). The molecular formula is C12H11N3O5. The fraction of sp³-hybridized carbons (Fsp3) is 0.167. The van der Waals surface area contributed by atoms with Gasteiger partial charge in [0.2, 0.25) is 11.8 Å². The number of anilines is 1. The molecule has 1 aliphatic rings. The van der Waals surface area contributed by atoms with Gasteiger partial charge in [0.25, 0.3) is 5.91 Å². The van der Waals surface area contributed by atoms with Crippen molar-refractivity contribution in [1.82, 2.24) is 10.2 Å². The summed E-state index contributed by atoms with van der Waals surface area (Å²) >= 11 is 0. The highest BCUT2D eigenvalue weighted by atomic mass is 16.3. The van der Waals surface area contributed by atoms with Crippen molar-refractivity contribution >= 4 is 29.4 Å². The highest BCUT2D eigenvalue weighted by Crippen LogP contribution is 2.17. The van der Waals surface area contributed by atoms with E-state index in [9.17, 15) is 24.3 Å². The Labute approximate surface area is 113 Å². The maximum Gasteiger partial charge on any atom is 0.330 e. The number of carbonyl (C=O) groups is 4. The van der Waals surface area contributed by atoms with E-state index in [4.69, 9.17) is 0 Å². The van der Waals surface area contributed by atoms with Crippen LogP contribution in [0.3, 0.4) is 0 Å². The minimum atomic E-state index is -1.64. The van der Waals surface area contributed by atoms with Crippen LogP contribution in [0.2, 0.25) is 0 Å². The number of aromatic hydroxyl groups is 1. The first-order chi connectivity index (χ1) is 9.40. The summed E-state index contributed by atoms with van der Waals surface area (Å²) in [7, 11) is 1.17. The van der Waals surface area contributed by atoms with Gasteiger partial charge in [-0.1, -0.05) is 6.07 Å². The highest BCUT2D eigenvalue weighted by Gasteiger charge is 2.43. The summed E-state index contributed by atoms with van der Waals surface area (Å²) < 4.78 is 0. The topological polar surface area (TPSA) is 116 Å². The molecule has 0 spiro atoms. The normalized spacial score (nSPS) is 18.8. The van der Waals surface area contributed by atoms with Crippen molar-refractivity contribution in [1.29, 1.82) is 0 Å². The van der Waals surface area contributed by atoms with Gasteiger partial charge in [-0.2, -0.15) is 0 Å². The fourth-order valence-corrected chi connectivity index (χ4v) is 1.70. The third kappa shape index (κ3) is 2.44. The zero-order valence-electron chi connectivity index (χ0n) is 10.4. The van der Waals surface area contributed by atoms with E-state index in [0.29, 0.717) is 4.90 Å². The van der Waals surface area contributed by atoms with Gasteiger partial charge in [0.15, 0.2) is 5.92 Å². The van der Waals surface area contributed by atoms with Crippen LogP contribution in [0.1, 0.15) is 0 Å². The van der Waals surface area contributed by atoms with E-state index in [2.05, 4.69) is 5.32 Å². The summed E-state index contributed by atoms with van der Waals surface area (Å²) in [5, 5.41) is 13.5. The number of phenolic OH excluding ortho intramolecular Hbond substituents is 1. The molecule has 1 atom stereocenters. The number of nitrogens with zero attached hydrogens (tertiary/aromatic N) is 1. The minimum absolute atomic E-state index is 0.0745. The highest BCUT2D eigenvalue weighted by molar-refractivity contribution is 6.28. The van der Waals surface area contributed by atoms with Crippen LogP contribution in [0.5, 0.6) is 5.75 Å². The molecule has 0 bridgehead atoms. The Balaban J connectivity index is 2.18. The van der Waals surface area contributed by atoms with Crippen molar-refractivity contribution in [2.24, 2.45) is 5.92 Å². The Morgan fingerprint density at radius 2 is 2.05 bits per heavy atom. The summed E-state index contributed by atoms with van der Waals surface area (Å²) in [5.41, 5.74) is 0.232. The largest absolute Gasteiger partial charge is 0.508 e. The van der Waals surface area contributed by atoms with Crippen LogP contribution in [0.15, 0.2) is 24.3 Å². The number of rotatable bonds is 2. The van der Waals surface area contributed by atoms with Crippen molar-refractivity contribution in [3.8, 4) is 5.75 Å². The predicted molar refractivity (Wildman–Crippen MR) is 66.5 cm³/mol. The number of barbiturate groups is 1. The van der Waals surface area contributed by atoms with Gasteiger partial charge in [0.1, 0.15) is 5.75 Å². The zero-order chi connectivity index (χ0) is 14.9. The number of imide groups is 2. The molecular weight excluding hydrogens is 266 g/mol. The number of hydrogen-bond acceptors (Lipinski definition) is 5. The number of benzene rings is 1. The van der Waals surface area contributed by atoms with E-state index < -0.39 is 29.7 Å². The van der Waals surface area contributed by atoms with Gasteiger partial charge in [-0.25, -0.2) is 4.79 Å². The molecule has 0 aliphatic carbocycles. The Morgan fingerprint density at radius 1 is 1.35 bits per heavy atom. The number of phenols is 1. The molecule has 1 saturated heterocycles. The van der Waals surface area contributed by atoms with Crippen LogP contribution >= 0.6 is 0 Å². The van der Waals surface area contributed by atoms with Gasteiger partial charge in [0, 0.05) is 18.8 Å². The van der Waals surface area contributed by atoms with Crippen LogP contribution in [0.4, 0.5) is 10.5 Å². The lowest BCUT2D eigenvalue weighted by molar-refractivity contribution is -0.145. The zero-order valence-corrected chi connectivity index (χ0v) is 10.4. The molecule has 1 aliphatic heterocycles. The molecule has 5 amide bonds. The number of carbonyl (C=O) groups excluding carboxylic acids is 4. The van der Waals surface area contributed by atoms with Crippen molar-refractivity contribution in [3.05, 3.63) is 24.3 Å². The lowest BCUT2D eigenvalue weighted by Gasteiger charge is -2.26. The van der Waals surface area contributed by atoms with Crippen molar-refractivity contribution in [3.63, 3.8) is 0 Å². The lowest BCUT2D eigenvalue weighted by Crippen LogP contribution is -2.59. The van der Waals surface area contributed by atoms with E-state index in [1.165, 1.54) is 31.3 Å². The number of urea groups is 1. The summed E-state index contributed by atoms with van der Waals surface area (Å²) in [4.78, 5) is 47.1. The standard InChI is InChI=1S/C12H11N3O5/c1-15-11(19)8(10(18)14-12(15)20)9(17)13-6-3-2-4-7(16)5-6/h2-5,8,16H,1H3,(H,13,17)(H,14,18,20). The number of amides is 5. The monoisotopic (exact) mass is 277 g/mol. The van der Waals surface area contributed by atoms with Crippen LogP contribution in [0, 0.1) is 5.92 Å². The van der Waals surface area contributed by atoms with Crippen LogP contribution in [0.25, 0.3) is 0 Å². The quantitative estimate of drug-likeness (QED) is 0.639. The maximum absolute atomic E-state index is 11.9. The predicted octanol–water partition coefficient (Wildman–Crippen LogP) is -0.345. The van der Waals surface area contributed by atoms with Gasteiger partial charge in [0.05, 0.1) is 0 Å². The van der Waals surface area contributed by atoms with Gasteiger partial charge in [-0.05, 0) is 12.1 Å². The molecule has 3 N–H and O–H groups in total. The molecule has 1 aromatic rings. The molecule has 1 unspecified atom stereocenters. The average molecular weight is 277 g/mol. The summed E-state index contributed by atoms with van der Waals surface area (Å²) in [6, 6.07) is 4.76. The molecule has 104 valence electrons. The number of hydrogen-bond donors (Lipinski definition) is 3. The second-order valence-corrected chi connectivity index (χ2v) is 4.16. The minimum Gasteiger partial charge on any atom is -0.508 e. The SMILES string of the molecule is CN1C(=O)NC(=O)C(C(=O)Nc2cccc(O)c2)C1=O. The molecule has 0 saturated carbocycles. The smallest absolute Gasteiger partial charge is 0.330 e. The van der Waals surface area contributed by atoms with E-state index in [-0.39, 0.29) is 11.4 Å². The van der Waals surface area contributed by atoms with E-state index in [1.54, 1.807) is 0 Å². The van der Waals surface area contributed by atoms with Gasteiger partial charge >= 0.3 is 6.03 Å². The van der Waals surface area contributed by atoms with Crippen LogP contribution < -0.4 is 10.6 Å². The molecule has 8 nitrogen and oxygen atoms in total. The van der Waals surface area contributed by atoms with Gasteiger partial charge < -0.3 is 10.4 Å². The van der Waals surface area contributed by atoms with Crippen molar-refractivity contribution in [2.45, 2.75) is 0 Å². The molecule has 1 fully saturated rings. The second-order valence-electron chi connectivity index (χ2n) is 4.16. The molecule has 0 radical (unpaired) electrons. The van der Waals surface area contributed by atoms with E-state index >= 15 is 0 Å². The molecule has 1 heterocycles. The van der Waals surface area contributed by atoms with Crippen molar-refractivity contribution in [2.75, 3.05) is 12.4 Å². The van der Waals surface area contributed by atoms with E-state index in [1.807, 2.05) is 5.32 Å². The fourth-order valence-electron chi connectivity index (χ4n) is 1.70. The van der Waals surface area contributed by atoms with Gasteiger partial charge in [-0.3, -0.25) is 24.6 Å². The average Bonchev–Trinajstić information content (AvgIpc) is 2.36. The Kier molecular flexibility index (Phi) is 3.38. The third-order valence-electron chi connectivity index (χ3n) is 2.75. The second kappa shape index (κ2) is 5.00. The summed E-state index contributed by atoms with van der Waals surface area (Å²) in [6.07, 6.45) is 0. The molecule has 20 heavy (non-hydrogen) atoms. The summed E-state index contributed by atoms with van der Waals surface area (Å²) in [5.74, 6) is -4.47.